The first-order chi connectivity index (χ1) is 41.2. The Labute approximate surface area is 523 Å². The van der Waals surface area contributed by atoms with Crippen LogP contribution in [0.3, 0.4) is 0 Å². The quantitative estimate of drug-likeness (QED) is 0.0140. The molecule has 2 heterocycles. The number of methoxy groups -OCH3 is 2. The summed E-state index contributed by atoms with van der Waals surface area (Å²) < 4.78 is 12.1. The number of unbranched alkanes of at least 4 members (excludes halogenated alkanes) is 1. The van der Waals surface area contributed by atoms with E-state index in [0.29, 0.717) is 61.0 Å². The minimum atomic E-state index is -0.830. The van der Waals surface area contributed by atoms with Gasteiger partial charge in [-0.25, -0.2) is 14.8 Å². The molecule has 0 spiro atoms. The number of carbonyl (C=O) groups is 8. The van der Waals surface area contributed by atoms with Crippen LogP contribution in [0, 0.1) is 53.3 Å². The van der Waals surface area contributed by atoms with Crippen molar-refractivity contribution in [1.82, 2.24) is 40.6 Å². The van der Waals surface area contributed by atoms with Crippen molar-refractivity contribution < 1.29 is 47.8 Å². The number of aromatic nitrogens is 2. The molecule has 6 N–H and O–H groups in total. The Kier molecular flexibility index (Phi) is 33.0. The topological polar surface area (TPSA) is 265 Å². The van der Waals surface area contributed by atoms with Crippen LogP contribution in [0.5, 0.6) is 0 Å². The lowest BCUT2D eigenvalue weighted by Gasteiger charge is -2.41. The number of thioether (sulfide) groups is 1. The van der Waals surface area contributed by atoms with Gasteiger partial charge in [-0.3, -0.25) is 33.6 Å². The summed E-state index contributed by atoms with van der Waals surface area (Å²) in [6.07, 6.45) is 8.18. The standard InChI is InChI=1S/C66H104N10O10S/c1-17-44(8)61(75(13)64(83)51(41(2)3)35-45(9)60(43(6)7)74(11)12)55(85-14)37-58(81)76-34-22-25-52(76)62(86-15)46(10)53(77)31-32-56(79)69-38-47-27-29-50(30-28-47)72-63(82)49(24-21-33-68-65(67)84)36-54(78)59(42(4)5)73-57(80)26-20-18-19-23-48-39-70-66(87-16)71-40-48/h27-30,39-44,46,49,51-52,55,59-62H,9,17-18,20-22,24-26,31-38H2,1-8,10-16H3,(H,69,79)(H,72,82)(H,73,80)(H3,67,68,84)/t44-,46-,49+,51-,52-,55+,59-,60-,61-,62+/m0/s1. The Balaban J connectivity index is 1.59. The zero-order chi connectivity index (χ0) is 65.1. The first kappa shape index (κ1) is 75.0. The van der Waals surface area contributed by atoms with Crippen molar-refractivity contribution >= 4 is 64.6 Å². The molecule has 0 saturated carbocycles. The van der Waals surface area contributed by atoms with Gasteiger partial charge in [0.25, 0.3) is 0 Å². The molecule has 21 heteroatoms. The van der Waals surface area contributed by atoms with Gasteiger partial charge in [0.1, 0.15) is 5.78 Å². The third-order valence-corrected chi connectivity index (χ3v) is 17.4. The summed E-state index contributed by atoms with van der Waals surface area (Å²) in [6, 6.07) is 4.70. The second-order valence-electron chi connectivity index (χ2n) is 24.6. The van der Waals surface area contributed by atoms with Gasteiger partial charge < -0.3 is 51.2 Å². The van der Waals surface area contributed by atoms with E-state index in [2.05, 4.69) is 96.1 Å². The fourth-order valence-electron chi connectivity index (χ4n) is 11.9. The van der Waals surface area contributed by atoms with Gasteiger partial charge in [0, 0.05) is 115 Å². The molecule has 1 fully saturated rings. The number of hydrogen-bond acceptors (Lipinski definition) is 14. The molecule has 7 amide bonds. The van der Waals surface area contributed by atoms with Gasteiger partial charge in [0.05, 0.1) is 42.3 Å². The summed E-state index contributed by atoms with van der Waals surface area (Å²) >= 11 is 1.44. The van der Waals surface area contributed by atoms with Crippen LogP contribution in [0.15, 0.2) is 54.0 Å². The average Bonchev–Trinajstić information content (AvgIpc) is 3.55. The van der Waals surface area contributed by atoms with E-state index in [1.165, 1.54) is 11.8 Å². The minimum absolute atomic E-state index is 0.00442. The number of urea groups is 1. The van der Waals surface area contributed by atoms with Crippen LogP contribution in [0.4, 0.5) is 10.5 Å². The lowest BCUT2D eigenvalue weighted by atomic mass is 9.82. The maximum absolute atomic E-state index is 14.5. The molecule has 3 rings (SSSR count). The monoisotopic (exact) mass is 1230 g/mol. The van der Waals surface area contributed by atoms with Gasteiger partial charge in [-0.1, -0.05) is 117 Å². The van der Waals surface area contributed by atoms with Crippen molar-refractivity contribution in [1.29, 1.82) is 0 Å². The summed E-state index contributed by atoms with van der Waals surface area (Å²) in [4.78, 5) is 122. The van der Waals surface area contributed by atoms with Gasteiger partial charge in [0.2, 0.25) is 29.5 Å². The second kappa shape index (κ2) is 38.3. The molecular weight excluding hydrogens is 1120 g/mol. The first-order valence-electron chi connectivity index (χ1n) is 31.0. The van der Waals surface area contributed by atoms with Crippen LogP contribution in [-0.2, 0) is 49.6 Å². The predicted octanol–water partition coefficient (Wildman–Crippen LogP) is 8.21. The highest BCUT2D eigenvalue weighted by molar-refractivity contribution is 7.98. The highest BCUT2D eigenvalue weighted by atomic mass is 32.2. The smallest absolute Gasteiger partial charge is 0.312 e. The number of amides is 7. The van der Waals surface area contributed by atoms with Crippen molar-refractivity contribution in [2.75, 3.05) is 60.0 Å². The highest BCUT2D eigenvalue weighted by Gasteiger charge is 2.43. The third-order valence-electron chi connectivity index (χ3n) is 16.8. The predicted molar refractivity (Wildman–Crippen MR) is 343 cm³/mol. The number of likely N-dealkylation sites (tertiary alicyclic amines) is 1. The third kappa shape index (κ3) is 24.4. The lowest BCUT2D eigenvalue weighted by molar-refractivity contribution is -0.148. The molecule has 87 heavy (non-hydrogen) atoms. The van der Waals surface area contributed by atoms with Crippen molar-refractivity contribution in [2.24, 2.45) is 47.2 Å². The minimum Gasteiger partial charge on any atom is -0.379 e. The summed E-state index contributed by atoms with van der Waals surface area (Å²) in [6.45, 7) is 23.4. The number of carbonyl (C=O) groups excluding carboxylic acids is 8. The van der Waals surface area contributed by atoms with Crippen LogP contribution in [-0.4, -0.2) is 163 Å². The van der Waals surface area contributed by atoms with Crippen molar-refractivity contribution in [2.45, 2.75) is 194 Å². The van der Waals surface area contributed by atoms with Gasteiger partial charge in [-0.05, 0) is 100 Å². The number of benzene rings is 1. The summed E-state index contributed by atoms with van der Waals surface area (Å²) in [5.74, 6) is 2.82. The van der Waals surface area contributed by atoms with E-state index in [1.807, 2.05) is 46.1 Å². The van der Waals surface area contributed by atoms with Crippen LogP contribution in [0.1, 0.15) is 157 Å². The largest absolute Gasteiger partial charge is 0.379 e. The van der Waals surface area contributed by atoms with E-state index in [1.54, 1.807) is 62.7 Å². The van der Waals surface area contributed by atoms with E-state index in [9.17, 15) is 38.4 Å². The number of likely N-dealkylation sites (N-methyl/N-ethyl adjacent to an activating group) is 2. The number of ketones is 2. The van der Waals surface area contributed by atoms with E-state index in [-0.39, 0.29) is 129 Å². The SMILES string of the molecule is C=C(C[C@H](C(=O)N(C)[C@@H]([C@@H](C)CC)[C@@H](CC(=O)N1CCC[C@H]1[C@H](OC)[C@@H](C)C(=O)CCC(=O)NCc1ccc(NC(=O)[C@H](CCCNC(N)=O)CC(=O)[C@@H](NC(=O)CCCC#Cc2cnc(SC)nc2)C(C)C)cc1)OC)C(C)C)[C@H](C(C)C)N(C)C. The fraction of sp³-hybridized carbons (Fsp3) is 0.667. The van der Waals surface area contributed by atoms with E-state index >= 15 is 0 Å². The molecule has 1 saturated heterocycles. The normalized spacial score (nSPS) is 16.4. The Bertz CT molecular complexity index is 2610. The molecule has 1 aliphatic heterocycles. The number of rotatable bonds is 38. The van der Waals surface area contributed by atoms with Crippen LogP contribution < -0.4 is 27.0 Å². The molecule has 1 aromatic heterocycles. The van der Waals surface area contributed by atoms with Gasteiger partial charge in [-0.15, -0.1) is 0 Å². The number of hydrogen-bond donors (Lipinski definition) is 5. The molecule has 0 aliphatic carbocycles. The molecule has 0 unspecified atom stereocenters. The average molecular weight is 1230 g/mol. The molecular formula is C66H104N10O10S. The van der Waals surface area contributed by atoms with E-state index < -0.39 is 42.0 Å². The zero-order valence-electron chi connectivity index (χ0n) is 54.8. The molecule has 10 atom stereocenters. The summed E-state index contributed by atoms with van der Waals surface area (Å²) in [7, 11) is 9.05. The Morgan fingerprint density at radius 1 is 0.828 bits per heavy atom. The molecule has 1 aliphatic rings. The summed E-state index contributed by atoms with van der Waals surface area (Å²) in [5, 5.41) is 11.8. The number of nitrogens with zero attached hydrogens (tertiary/aromatic N) is 5. The fourth-order valence-corrected chi connectivity index (χ4v) is 12.2. The van der Waals surface area contributed by atoms with Crippen molar-refractivity contribution in [3.05, 3.63) is 59.9 Å². The number of Topliss-reactive ketones (excluding diaryl/α,β-unsaturated/α-hetero) is 2. The molecule has 1 aromatic carbocycles. The Hall–Kier alpha value is -6.21. The first-order valence-corrected chi connectivity index (χ1v) is 32.3. The van der Waals surface area contributed by atoms with Crippen LogP contribution >= 0.6 is 11.8 Å². The number of nitrogens with one attached hydrogen (secondary N) is 4. The zero-order valence-corrected chi connectivity index (χ0v) is 55.6. The van der Waals surface area contributed by atoms with Crippen molar-refractivity contribution in [3.63, 3.8) is 0 Å². The number of primary amides is 1. The molecule has 2 aromatic rings. The molecule has 484 valence electrons. The van der Waals surface area contributed by atoms with E-state index in [4.69, 9.17) is 15.2 Å². The van der Waals surface area contributed by atoms with Crippen molar-refractivity contribution in [3.8, 4) is 11.8 Å². The Morgan fingerprint density at radius 2 is 1.49 bits per heavy atom. The van der Waals surface area contributed by atoms with E-state index in [0.717, 1.165) is 24.0 Å². The molecule has 0 radical (unpaired) electrons. The molecule has 20 nitrogen and oxygen atoms in total. The number of anilines is 1. The van der Waals surface area contributed by atoms with Gasteiger partial charge in [0.15, 0.2) is 10.9 Å². The van der Waals surface area contributed by atoms with Crippen LogP contribution in [0.25, 0.3) is 0 Å². The summed E-state index contributed by atoms with van der Waals surface area (Å²) in [5.41, 5.74) is 8.15. The van der Waals surface area contributed by atoms with Crippen LogP contribution in [0.2, 0.25) is 0 Å². The molecule has 0 bridgehead atoms. The maximum Gasteiger partial charge on any atom is 0.312 e. The maximum atomic E-state index is 14.5. The van der Waals surface area contributed by atoms with Gasteiger partial charge >= 0.3 is 6.03 Å². The lowest BCUT2D eigenvalue weighted by Crippen LogP contribution is -2.54. The Morgan fingerprint density at radius 3 is 2.06 bits per heavy atom. The number of ether oxygens (including phenoxy) is 2. The second-order valence-corrected chi connectivity index (χ2v) is 25.4. The highest BCUT2D eigenvalue weighted by Crippen LogP contribution is 2.33. The number of nitrogens with two attached hydrogens (primary N) is 1. The van der Waals surface area contributed by atoms with Gasteiger partial charge in [-0.2, -0.15) is 0 Å².